The van der Waals surface area contributed by atoms with Crippen LogP contribution in [-0.4, -0.2) is 65.1 Å². The molecule has 3 aromatic carbocycles. The van der Waals surface area contributed by atoms with Crippen molar-refractivity contribution in [2.24, 2.45) is 0 Å². The van der Waals surface area contributed by atoms with Gasteiger partial charge < -0.3 is 24.4 Å². The number of amides is 1. The number of benzene rings is 3. The molecule has 0 aliphatic carbocycles. The van der Waals surface area contributed by atoms with Gasteiger partial charge in [-0.2, -0.15) is 9.57 Å². The number of rotatable bonds is 10. The van der Waals surface area contributed by atoms with Crippen molar-refractivity contribution >= 4 is 27.3 Å². The molecule has 216 valence electrons. The first-order valence-corrected chi connectivity index (χ1v) is 14.5. The van der Waals surface area contributed by atoms with Crippen LogP contribution in [-0.2, 0) is 10.0 Å². The Hall–Kier alpha value is -4.34. The van der Waals surface area contributed by atoms with Crippen LogP contribution in [0.5, 0.6) is 17.2 Å². The molecular formula is C29H31FN4O6S. The highest BCUT2D eigenvalue weighted by atomic mass is 32.2. The van der Waals surface area contributed by atoms with Crippen molar-refractivity contribution in [3.8, 4) is 23.3 Å². The number of halogens is 1. The zero-order valence-electron chi connectivity index (χ0n) is 23.0. The molecule has 4 rings (SSSR count). The Morgan fingerprint density at radius 3 is 2.17 bits per heavy atom. The van der Waals surface area contributed by atoms with Crippen molar-refractivity contribution in [1.82, 2.24) is 4.31 Å². The van der Waals surface area contributed by atoms with Gasteiger partial charge in [-0.1, -0.05) is 0 Å². The van der Waals surface area contributed by atoms with Crippen molar-refractivity contribution < 1.29 is 31.8 Å². The van der Waals surface area contributed by atoms with Crippen molar-refractivity contribution in [2.75, 3.05) is 56.7 Å². The van der Waals surface area contributed by atoms with Crippen LogP contribution in [0.25, 0.3) is 0 Å². The summed E-state index contributed by atoms with van der Waals surface area (Å²) >= 11 is 0. The first kappa shape index (κ1) is 29.6. The second kappa shape index (κ2) is 12.9. The number of methoxy groups -OCH3 is 1. The maximum atomic E-state index is 13.7. The summed E-state index contributed by atoms with van der Waals surface area (Å²) in [5.74, 6) is -0.122. The first-order chi connectivity index (χ1) is 19.7. The Kier molecular flexibility index (Phi) is 9.31. The highest BCUT2D eigenvalue weighted by Gasteiger charge is 2.32. The van der Waals surface area contributed by atoms with Crippen LogP contribution in [0.1, 0.15) is 29.8 Å². The fourth-order valence-electron chi connectivity index (χ4n) is 4.48. The molecule has 0 aromatic heterocycles. The van der Waals surface area contributed by atoms with Crippen molar-refractivity contribution in [3.63, 3.8) is 0 Å². The number of hydrogen-bond acceptors (Lipinski definition) is 8. The molecule has 1 aliphatic heterocycles. The number of nitrogens with one attached hydrogen (secondary N) is 1. The molecule has 1 N–H and O–H groups in total. The smallest absolute Gasteiger partial charge is 0.255 e. The van der Waals surface area contributed by atoms with E-state index < -0.39 is 15.9 Å². The fourth-order valence-corrected chi connectivity index (χ4v) is 6.09. The molecule has 0 radical (unpaired) electrons. The van der Waals surface area contributed by atoms with E-state index in [1.54, 1.807) is 26.0 Å². The Morgan fingerprint density at radius 2 is 1.59 bits per heavy atom. The Balaban J connectivity index is 1.57. The molecule has 1 aliphatic rings. The van der Waals surface area contributed by atoms with E-state index in [0.29, 0.717) is 37.8 Å². The van der Waals surface area contributed by atoms with Gasteiger partial charge in [-0.15, -0.1) is 0 Å². The molecule has 3 aromatic rings. The van der Waals surface area contributed by atoms with Gasteiger partial charge in [0.2, 0.25) is 10.0 Å². The minimum absolute atomic E-state index is 0.0602. The zero-order chi connectivity index (χ0) is 29.6. The minimum atomic E-state index is -4.03. The monoisotopic (exact) mass is 582 g/mol. The highest BCUT2D eigenvalue weighted by Crippen LogP contribution is 2.35. The third-order valence-electron chi connectivity index (χ3n) is 6.53. The minimum Gasteiger partial charge on any atom is -0.495 e. The Labute approximate surface area is 238 Å². The number of nitriles is 1. The summed E-state index contributed by atoms with van der Waals surface area (Å²) in [6.45, 7) is 5.51. The van der Waals surface area contributed by atoms with E-state index in [-0.39, 0.29) is 46.4 Å². The summed E-state index contributed by atoms with van der Waals surface area (Å²) in [5.41, 5.74) is 1.22. The van der Waals surface area contributed by atoms with Crippen LogP contribution in [0.2, 0.25) is 0 Å². The van der Waals surface area contributed by atoms with E-state index >= 15 is 0 Å². The third-order valence-corrected chi connectivity index (χ3v) is 8.45. The molecule has 0 spiro atoms. The number of anilines is 2. The molecule has 12 heteroatoms. The average molecular weight is 583 g/mol. The molecule has 1 heterocycles. The van der Waals surface area contributed by atoms with E-state index in [4.69, 9.17) is 14.2 Å². The van der Waals surface area contributed by atoms with Crippen LogP contribution in [0.3, 0.4) is 0 Å². The number of carbonyl (C=O) groups is 1. The van der Waals surface area contributed by atoms with Crippen LogP contribution in [0, 0.1) is 17.1 Å². The Bertz CT molecular complexity index is 1550. The lowest BCUT2D eigenvalue weighted by Gasteiger charge is -2.35. The van der Waals surface area contributed by atoms with Crippen LogP contribution in [0.4, 0.5) is 15.8 Å². The van der Waals surface area contributed by atoms with Crippen LogP contribution < -0.4 is 24.4 Å². The van der Waals surface area contributed by atoms with Crippen LogP contribution >= 0.6 is 0 Å². The number of sulfonamides is 1. The lowest BCUT2D eigenvalue weighted by atomic mass is 10.1. The maximum absolute atomic E-state index is 13.7. The van der Waals surface area contributed by atoms with E-state index in [0.717, 1.165) is 5.69 Å². The predicted octanol–water partition coefficient (Wildman–Crippen LogP) is 4.27. The van der Waals surface area contributed by atoms with E-state index in [2.05, 4.69) is 5.32 Å². The summed E-state index contributed by atoms with van der Waals surface area (Å²) in [4.78, 5) is 15.1. The molecular weight excluding hydrogens is 551 g/mol. The van der Waals surface area contributed by atoms with Gasteiger partial charge in [-0.05, 0) is 56.3 Å². The first-order valence-electron chi connectivity index (χ1n) is 13.1. The SMILES string of the molecule is CCOc1cc(C#N)c(NC(=O)c2ccc(OC)c(S(=O)(=O)N3CCN(c4ccc(F)cc4)CC3)c2)cc1OCC. The standard InChI is InChI=1S/C29H31FN4O6S/c1-4-39-26-16-21(19-31)24(18-27(26)40-5-2)32-29(35)20-6-11-25(38-3)28(17-20)41(36,37)34-14-12-33(13-15-34)23-9-7-22(30)8-10-23/h6-11,16-18H,4-5,12-15H2,1-3H3,(H,32,35). The van der Waals surface area contributed by atoms with Gasteiger partial charge in [0.1, 0.15) is 22.5 Å². The van der Waals surface area contributed by atoms with Crippen molar-refractivity contribution in [2.45, 2.75) is 18.7 Å². The molecule has 1 amide bonds. The molecule has 10 nitrogen and oxygen atoms in total. The van der Waals surface area contributed by atoms with Gasteiger partial charge in [0.05, 0.1) is 31.6 Å². The van der Waals surface area contributed by atoms with Crippen LogP contribution in [0.15, 0.2) is 59.5 Å². The maximum Gasteiger partial charge on any atom is 0.255 e. The fraction of sp³-hybridized carbons (Fsp3) is 0.310. The normalized spacial score (nSPS) is 13.8. The summed E-state index contributed by atoms with van der Waals surface area (Å²) < 4.78 is 58.5. The number of hydrogen-bond donors (Lipinski definition) is 1. The lowest BCUT2D eigenvalue weighted by Crippen LogP contribution is -2.48. The highest BCUT2D eigenvalue weighted by molar-refractivity contribution is 7.89. The largest absolute Gasteiger partial charge is 0.495 e. The van der Waals surface area contributed by atoms with Gasteiger partial charge in [-0.3, -0.25) is 4.79 Å². The Morgan fingerprint density at radius 1 is 0.951 bits per heavy atom. The topological polar surface area (TPSA) is 121 Å². The van der Waals surface area contributed by atoms with Crippen molar-refractivity contribution in [3.05, 3.63) is 71.5 Å². The lowest BCUT2D eigenvalue weighted by molar-refractivity contribution is 0.102. The van der Waals surface area contributed by atoms with Gasteiger partial charge in [0.25, 0.3) is 5.91 Å². The van der Waals surface area contributed by atoms with Crippen molar-refractivity contribution in [1.29, 1.82) is 5.26 Å². The molecule has 1 fully saturated rings. The average Bonchev–Trinajstić information content (AvgIpc) is 2.98. The van der Waals surface area contributed by atoms with Gasteiger partial charge >= 0.3 is 0 Å². The summed E-state index contributed by atoms with van der Waals surface area (Å²) in [7, 11) is -2.68. The van der Waals surface area contributed by atoms with E-state index in [1.165, 1.54) is 53.9 Å². The van der Waals surface area contributed by atoms with E-state index in [9.17, 15) is 22.9 Å². The number of carbonyl (C=O) groups excluding carboxylic acids is 1. The second-order valence-corrected chi connectivity index (χ2v) is 10.9. The second-order valence-electron chi connectivity index (χ2n) is 9.01. The van der Waals surface area contributed by atoms with E-state index in [1.807, 2.05) is 11.0 Å². The number of nitrogens with zero attached hydrogens (tertiary/aromatic N) is 3. The van der Waals surface area contributed by atoms with Gasteiger partial charge in [0, 0.05) is 49.6 Å². The quantitative estimate of drug-likeness (QED) is 0.376. The summed E-state index contributed by atoms with van der Waals surface area (Å²) in [6.07, 6.45) is 0. The molecule has 0 bridgehead atoms. The van der Waals surface area contributed by atoms with Gasteiger partial charge in [-0.25, -0.2) is 12.8 Å². The molecule has 0 saturated carbocycles. The zero-order valence-corrected chi connectivity index (χ0v) is 23.8. The molecule has 41 heavy (non-hydrogen) atoms. The summed E-state index contributed by atoms with van der Waals surface area (Å²) in [5, 5.41) is 12.4. The number of ether oxygens (including phenoxy) is 3. The molecule has 0 atom stereocenters. The predicted molar refractivity (Wildman–Crippen MR) is 152 cm³/mol. The third kappa shape index (κ3) is 6.53. The number of piperazine rings is 1. The molecule has 1 saturated heterocycles. The summed E-state index contributed by atoms with van der Waals surface area (Å²) in [6, 6.07) is 15.2. The van der Waals surface area contributed by atoms with Gasteiger partial charge in [0.15, 0.2) is 11.5 Å². The molecule has 0 unspecified atom stereocenters.